The third-order valence-electron chi connectivity index (χ3n) is 4.71. The van der Waals surface area contributed by atoms with Crippen molar-refractivity contribution in [3.8, 4) is 0 Å². The van der Waals surface area contributed by atoms with Crippen LogP contribution in [-0.4, -0.2) is 24.3 Å². The van der Waals surface area contributed by atoms with Gasteiger partial charge < -0.3 is 5.32 Å². The summed E-state index contributed by atoms with van der Waals surface area (Å²) >= 11 is 17.1. The Morgan fingerprint density at radius 3 is 1.86 bits per heavy atom. The highest BCUT2D eigenvalue weighted by atomic mass is 35.5. The van der Waals surface area contributed by atoms with Gasteiger partial charge in [-0.05, 0) is 42.8 Å². The molecule has 2 aromatic rings. The van der Waals surface area contributed by atoms with E-state index in [9.17, 15) is 48.7 Å². The summed E-state index contributed by atoms with van der Waals surface area (Å²) in [6.45, 7) is 0.481. The second kappa shape index (κ2) is 10.7. The molecule has 0 aliphatic carbocycles. The Hall–Kier alpha value is -2.18. The van der Waals surface area contributed by atoms with Gasteiger partial charge in [-0.1, -0.05) is 40.9 Å². The van der Waals surface area contributed by atoms with Crippen molar-refractivity contribution < 1.29 is 48.7 Å². The lowest BCUT2D eigenvalue weighted by Gasteiger charge is -2.20. The molecule has 0 aromatic heterocycles. The number of nitrogens with one attached hydrogen (secondary N) is 1. The van der Waals surface area contributed by atoms with Gasteiger partial charge in [-0.15, -0.1) is 0 Å². The van der Waals surface area contributed by atoms with Gasteiger partial charge in [-0.2, -0.15) is 39.5 Å². The van der Waals surface area contributed by atoms with E-state index in [0.29, 0.717) is 19.1 Å². The van der Waals surface area contributed by atoms with Crippen LogP contribution in [0, 0.1) is 0 Å². The average Bonchev–Trinajstić information content (AvgIpc) is 2.72. The van der Waals surface area contributed by atoms with Crippen LogP contribution in [0.4, 0.5) is 43.9 Å². The molecule has 2 aromatic carbocycles. The fourth-order valence-corrected chi connectivity index (χ4v) is 3.47. The first-order chi connectivity index (χ1) is 16.2. The van der Waals surface area contributed by atoms with E-state index >= 15 is 0 Å². The summed E-state index contributed by atoms with van der Waals surface area (Å²) in [5.41, 5.74) is -4.86. The quantitative estimate of drug-likeness (QED) is 0.273. The van der Waals surface area contributed by atoms with Crippen molar-refractivity contribution in [2.75, 3.05) is 0 Å². The number of benzene rings is 2. The number of hydrogen-bond donors (Lipinski definition) is 1. The molecule has 2 rings (SSSR count). The van der Waals surface area contributed by atoms with Gasteiger partial charge in [0.15, 0.2) is 0 Å². The molecule has 0 heterocycles. The molecule has 1 N–H and O–H groups in total. The lowest BCUT2D eigenvalue weighted by atomic mass is 9.95. The standard InChI is InChI=1S/C21H12Cl3F10NO/c1-8(19(26,27)28)35-18(36)11-3-2-9(4-13(11)21(32,33)34)16(25)7-12(20(29,30)31)10-5-14(22)17(24)15(23)6-10/h2-8,12H,1H3,(H,35,36). The summed E-state index contributed by atoms with van der Waals surface area (Å²) in [4.78, 5) is 12.0. The van der Waals surface area contributed by atoms with E-state index in [-0.39, 0.29) is 17.2 Å². The minimum atomic E-state index is -5.37. The Morgan fingerprint density at radius 1 is 0.889 bits per heavy atom. The summed E-state index contributed by atoms with van der Waals surface area (Å²) in [5.74, 6) is -6.28. The fourth-order valence-electron chi connectivity index (χ4n) is 2.86. The third kappa shape index (κ3) is 7.19. The van der Waals surface area contributed by atoms with Crippen LogP contribution in [0.2, 0.25) is 15.1 Å². The van der Waals surface area contributed by atoms with E-state index < -0.39 is 74.5 Å². The van der Waals surface area contributed by atoms with Crippen LogP contribution in [0.25, 0.3) is 5.83 Å². The molecule has 36 heavy (non-hydrogen) atoms. The Morgan fingerprint density at radius 2 is 1.42 bits per heavy atom. The predicted molar refractivity (Wildman–Crippen MR) is 114 cm³/mol. The van der Waals surface area contributed by atoms with Crippen LogP contribution >= 0.6 is 34.8 Å². The van der Waals surface area contributed by atoms with Crippen LogP contribution in [0.5, 0.6) is 0 Å². The second-order valence-electron chi connectivity index (χ2n) is 7.33. The number of carbonyl (C=O) groups excluding carboxylic acids is 1. The van der Waals surface area contributed by atoms with Crippen molar-refractivity contribution in [2.24, 2.45) is 0 Å². The molecule has 0 saturated heterocycles. The molecular weight excluding hydrogens is 579 g/mol. The minimum absolute atomic E-state index is 0.00819. The van der Waals surface area contributed by atoms with E-state index in [0.717, 1.165) is 12.1 Å². The van der Waals surface area contributed by atoms with Gasteiger partial charge in [-0.25, -0.2) is 4.39 Å². The highest BCUT2D eigenvalue weighted by molar-refractivity contribution is 6.48. The van der Waals surface area contributed by atoms with Gasteiger partial charge in [0.05, 0.1) is 26.2 Å². The van der Waals surface area contributed by atoms with E-state index in [1.165, 1.54) is 5.32 Å². The Kier molecular flexibility index (Phi) is 8.90. The van der Waals surface area contributed by atoms with E-state index in [1.807, 2.05) is 0 Å². The molecule has 0 spiro atoms. The molecule has 0 aliphatic rings. The predicted octanol–water partition coefficient (Wildman–Crippen LogP) is 9.00. The van der Waals surface area contributed by atoms with Crippen molar-refractivity contribution in [1.29, 1.82) is 0 Å². The summed E-state index contributed by atoms with van der Waals surface area (Å²) in [6, 6.07) is -0.157. The van der Waals surface area contributed by atoms with Crippen molar-refractivity contribution >= 4 is 46.5 Å². The van der Waals surface area contributed by atoms with E-state index in [1.54, 1.807) is 0 Å². The maximum Gasteiger partial charge on any atom is 0.417 e. The zero-order valence-electron chi connectivity index (χ0n) is 17.4. The van der Waals surface area contributed by atoms with E-state index in [4.69, 9.17) is 34.8 Å². The number of halogens is 13. The first-order valence-corrected chi connectivity index (χ1v) is 10.5. The number of amides is 1. The van der Waals surface area contributed by atoms with Crippen LogP contribution < -0.4 is 5.32 Å². The van der Waals surface area contributed by atoms with Crippen molar-refractivity contribution in [3.05, 3.63) is 73.7 Å². The third-order valence-corrected chi connectivity index (χ3v) is 5.91. The summed E-state index contributed by atoms with van der Waals surface area (Å²) in [5, 5.41) is 0.251. The number of rotatable bonds is 5. The fraction of sp³-hybridized carbons (Fsp3) is 0.286. The van der Waals surface area contributed by atoms with Crippen LogP contribution in [-0.2, 0) is 6.18 Å². The molecule has 2 atom stereocenters. The first kappa shape index (κ1) is 30.0. The number of hydrogen-bond acceptors (Lipinski definition) is 1. The average molecular weight is 591 g/mol. The monoisotopic (exact) mass is 589 g/mol. The van der Waals surface area contributed by atoms with Crippen LogP contribution in [0.1, 0.15) is 39.9 Å². The molecule has 198 valence electrons. The molecule has 1 amide bonds. The highest BCUT2D eigenvalue weighted by Crippen LogP contribution is 2.43. The number of allylic oxidation sites excluding steroid dienone is 1. The summed E-state index contributed by atoms with van der Waals surface area (Å²) in [7, 11) is 0. The maximum atomic E-state index is 14.8. The first-order valence-electron chi connectivity index (χ1n) is 9.41. The topological polar surface area (TPSA) is 29.1 Å². The molecule has 2 nitrogen and oxygen atoms in total. The molecule has 0 bridgehead atoms. The van der Waals surface area contributed by atoms with Crippen molar-refractivity contribution in [3.63, 3.8) is 0 Å². The zero-order chi connectivity index (χ0) is 27.8. The van der Waals surface area contributed by atoms with Crippen molar-refractivity contribution in [2.45, 2.75) is 37.4 Å². The van der Waals surface area contributed by atoms with Gasteiger partial charge in [0, 0.05) is 5.56 Å². The van der Waals surface area contributed by atoms with Gasteiger partial charge in [0.2, 0.25) is 0 Å². The molecule has 0 fully saturated rings. The van der Waals surface area contributed by atoms with Gasteiger partial charge in [-0.3, -0.25) is 4.79 Å². The lowest BCUT2D eigenvalue weighted by molar-refractivity contribution is -0.149. The molecule has 0 aliphatic heterocycles. The zero-order valence-corrected chi connectivity index (χ0v) is 19.7. The molecular formula is C21H12Cl3F10NO. The summed E-state index contributed by atoms with van der Waals surface area (Å²) in [6.07, 6.45) is -15.5. The minimum Gasteiger partial charge on any atom is -0.341 e. The van der Waals surface area contributed by atoms with Crippen LogP contribution in [0.3, 0.4) is 0 Å². The highest BCUT2D eigenvalue weighted by Gasteiger charge is 2.42. The largest absolute Gasteiger partial charge is 0.417 e. The second-order valence-corrected chi connectivity index (χ2v) is 8.52. The number of carbonyl (C=O) groups is 1. The Bertz CT molecular complexity index is 1150. The normalized spacial score (nSPS) is 15.0. The smallest absolute Gasteiger partial charge is 0.341 e. The van der Waals surface area contributed by atoms with Crippen LogP contribution in [0.15, 0.2) is 36.4 Å². The summed E-state index contributed by atoms with van der Waals surface area (Å²) < 4.78 is 134. The van der Waals surface area contributed by atoms with Gasteiger partial charge in [0.25, 0.3) is 5.91 Å². The number of alkyl halides is 9. The maximum absolute atomic E-state index is 14.8. The SMILES string of the molecule is CC(NC(=O)c1ccc(C(F)=CC(c2cc(Cl)c(Cl)c(Cl)c2)C(F)(F)F)cc1C(F)(F)F)C(F)(F)F. The molecule has 0 saturated carbocycles. The van der Waals surface area contributed by atoms with Gasteiger partial charge >= 0.3 is 18.5 Å². The van der Waals surface area contributed by atoms with Gasteiger partial charge in [0.1, 0.15) is 17.8 Å². The molecule has 15 heteroatoms. The Balaban J connectivity index is 2.57. The van der Waals surface area contributed by atoms with E-state index in [2.05, 4.69) is 0 Å². The Labute approximate surface area is 211 Å². The van der Waals surface area contributed by atoms with Crippen molar-refractivity contribution in [1.82, 2.24) is 5.32 Å². The molecule has 2 unspecified atom stereocenters. The lowest BCUT2D eigenvalue weighted by Crippen LogP contribution is -2.43. The molecule has 0 radical (unpaired) electrons.